The fraction of sp³-hybridized carbons (Fsp3) is 0.333. The van der Waals surface area contributed by atoms with Gasteiger partial charge in [0.15, 0.2) is 0 Å². The molecule has 8 nitrogen and oxygen atoms in total. The van der Waals surface area contributed by atoms with Gasteiger partial charge >= 0.3 is 27.3 Å². The average molecular weight is 409 g/mol. The first-order valence-electron chi connectivity index (χ1n) is 7.27. The van der Waals surface area contributed by atoms with Gasteiger partial charge in [-0.05, 0) is 39.0 Å². The molecule has 2 aromatic rings. The molecule has 27 heavy (non-hydrogen) atoms. The maximum absolute atomic E-state index is 12.4. The highest BCUT2D eigenvalue weighted by molar-refractivity contribution is 7.88. The van der Waals surface area contributed by atoms with Crippen molar-refractivity contribution in [3.8, 4) is 5.75 Å². The summed E-state index contributed by atoms with van der Waals surface area (Å²) in [7, 11) is -5.86. The largest absolute Gasteiger partial charge is 0.534 e. The van der Waals surface area contributed by atoms with Crippen molar-refractivity contribution in [2.45, 2.75) is 31.9 Å². The molecule has 0 aliphatic carbocycles. The van der Waals surface area contributed by atoms with Crippen LogP contribution in [0.3, 0.4) is 0 Å². The fourth-order valence-electron chi connectivity index (χ4n) is 1.82. The molecule has 0 bridgehead atoms. The zero-order valence-corrected chi connectivity index (χ0v) is 15.0. The molecule has 1 amide bonds. The van der Waals surface area contributed by atoms with E-state index in [-0.39, 0.29) is 16.7 Å². The van der Waals surface area contributed by atoms with Gasteiger partial charge in [-0.2, -0.15) is 21.6 Å². The summed E-state index contributed by atoms with van der Waals surface area (Å²) in [6, 6.07) is 4.08. The van der Waals surface area contributed by atoms with Gasteiger partial charge < -0.3 is 13.3 Å². The van der Waals surface area contributed by atoms with Crippen molar-refractivity contribution >= 4 is 32.9 Å². The van der Waals surface area contributed by atoms with Crippen LogP contribution in [0.4, 0.5) is 23.7 Å². The molecule has 1 aromatic carbocycles. The highest BCUT2D eigenvalue weighted by Gasteiger charge is 2.48. The molecular formula is C15H14F3NO7S. The quantitative estimate of drug-likeness (QED) is 0.470. The first-order valence-corrected chi connectivity index (χ1v) is 8.67. The van der Waals surface area contributed by atoms with Gasteiger partial charge in [-0.25, -0.2) is 9.59 Å². The molecule has 0 aliphatic heterocycles. The Hall–Kier alpha value is -2.76. The lowest BCUT2D eigenvalue weighted by atomic mass is 10.2. The number of carbonyl (C=O) groups excluding carboxylic acids is 1. The monoisotopic (exact) mass is 409 g/mol. The number of hydrogen-bond acceptors (Lipinski definition) is 7. The third kappa shape index (κ3) is 5.12. The molecule has 0 aliphatic rings. The lowest BCUT2D eigenvalue weighted by molar-refractivity contribution is -0.0500. The van der Waals surface area contributed by atoms with Gasteiger partial charge in [-0.15, -0.1) is 0 Å². The Morgan fingerprint density at radius 1 is 1.15 bits per heavy atom. The standard InChI is InChI=1S/C15H14F3NO7S/c1-14(2,3)25-13(21)19-10-6-8-4-5-9(7-11(8)24-12(10)20)26-27(22,23)15(16,17)18/h4-7H,1-3H3,(H,19,21). The highest BCUT2D eigenvalue weighted by atomic mass is 32.2. The van der Waals surface area contributed by atoms with Crippen LogP contribution >= 0.6 is 0 Å². The third-order valence-corrected chi connectivity index (χ3v) is 3.81. The van der Waals surface area contributed by atoms with E-state index in [9.17, 15) is 31.2 Å². The van der Waals surface area contributed by atoms with Crippen LogP contribution < -0.4 is 15.1 Å². The van der Waals surface area contributed by atoms with Crippen LogP contribution in [0.1, 0.15) is 20.8 Å². The molecule has 0 radical (unpaired) electrons. The number of alkyl halides is 3. The predicted octanol–water partition coefficient (Wildman–Crippen LogP) is 3.37. The van der Waals surface area contributed by atoms with E-state index in [4.69, 9.17) is 9.15 Å². The number of fused-ring (bicyclic) bond motifs is 1. The SMILES string of the molecule is CC(C)(C)OC(=O)Nc1cc2ccc(OS(=O)(=O)C(F)(F)F)cc2oc1=O. The molecule has 0 spiro atoms. The summed E-state index contributed by atoms with van der Waals surface area (Å²) in [4.78, 5) is 23.6. The van der Waals surface area contributed by atoms with E-state index in [1.807, 2.05) is 0 Å². The van der Waals surface area contributed by atoms with Gasteiger partial charge in [0, 0.05) is 11.5 Å². The fourth-order valence-corrected chi connectivity index (χ4v) is 2.27. The molecule has 0 saturated carbocycles. The van der Waals surface area contributed by atoms with E-state index in [0.717, 1.165) is 18.2 Å². The van der Waals surface area contributed by atoms with Crippen LogP contribution in [0, 0.1) is 0 Å². The van der Waals surface area contributed by atoms with Crippen molar-refractivity contribution in [3.63, 3.8) is 0 Å². The number of anilines is 1. The lowest BCUT2D eigenvalue weighted by Crippen LogP contribution is -2.28. The summed E-state index contributed by atoms with van der Waals surface area (Å²) in [5.74, 6) is -0.698. The van der Waals surface area contributed by atoms with Crippen molar-refractivity contribution in [2.24, 2.45) is 0 Å². The summed E-state index contributed by atoms with van der Waals surface area (Å²) in [6.45, 7) is 4.85. The lowest BCUT2D eigenvalue weighted by Gasteiger charge is -2.19. The minimum absolute atomic E-state index is 0.192. The zero-order valence-electron chi connectivity index (χ0n) is 14.2. The number of hydrogen-bond donors (Lipinski definition) is 1. The normalized spacial score (nSPS) is 12.7. The molecule has 148 valence electrons. The number of carbonyl (C=O) groups is 1. The van der Waals surface area contributed by atoms with Crippen molar-refractivity contribution < 1.29 is 39.7 Å². The van der Waals surface area contributed by atoms with Gasteiger partial charge in [0.25, 0.3) is 0 Å². The van der Waals surface area contributed by atoms with Crippen molar-refractivity contribution in [3.05, 3.63) is 34.7 Å². The van der Waals surface area contributed by atoms with E-state index in [1.165, 1.54) is 6.07 Å². The number of benzene rings is 1. The number of rotatable bonds is 3. The Balaban J connectivity index is 2.32. The molecule has 1 N–H and O–H groups in total. The van der Waals surface area contributed by atoms with Crippen molar-refractivity contribution in [1.82, 2.24) is 0 Å². The Morgan fingerprint density at radius 2 is 1.78 bits per heavy atom. The maximum Gasteiger partial charge on any atom is 0.534 e. The summed E-state index contributed by atoms with van der Waals surface area (Å²) in [6.07, 6.45) is -0.912. The van der Waals surface area contributed by atoms with Crippen LogP contribution in [-0.2, 0) is 14.9 Å². The number of halogens is 3. The van der Waals surface area contributed by atoms with Crippen molar-refractivity contribution in [1.29, 1.82) is 0 Å². The van der Waals surface area contributed by atoms with Crippen LogP contribution in [0.5, 0.6) is 5.75 Å². The highest BCUT2D eigenvalue weighted by Crippen LogP contribution is 2.29. The Bertz CT molecular complexity index is 1040. The third-order valence-electron chi connectivity index (χ3n) is 2.83. The van der Waals surface area contributed by atoms with Gasteiger partial charge in [-0.3, -0.25) is 5.32 Å². The predicted molar refractivity (Wildman–Crippen MR) is 87.9 cm³/mol. The Labute approximate surface area is 151 Å². The molecule has 0 atom stereocenters. The van der Waals surface area contributed by atoms with Gasteiger partial charge in [0.1, 0.15) is 22.6 Å². The van der Waals surface area contributed by atoms with E-state index >= 15 is 0 Å². The molecular weight excluding hydrogens is 395 g/mol. The smallest absolute Gasteiger partial charge is 0.444 e. The molecule has 1 aromatic heterocycles. The molecule has 0 unspecified atom stereocenters. The van der Waals surface area contributed by atoms with Crippen LogP contribution in [-0.4, -0.2) is 25.6 Å². The van der Waals surface area contributed by atoms with Gasteiger partial charge in [-0.1, -0.05) is 0 Å². The molecule has 0 fully saturated rings. The average Bonchev–Trinajstić information content (AvgIpc) is 2.44. The van der Waals surface area contributed by atoms with E-state index in [2.05, 4.69) is 9.50 Å². The van der Waals surface area contributed by atoms with E-state index in [0.29, 0.717) is 0 Å². The van der Waals surface area contributed by atoms with Crippen molar-refractivity contribution in [2.75, 3.05) is 5.32 Å². The summed E-state index contributed by atoms with van der Waals surface area (Å²) >= 11 is 0. The number of ether oxygens (including phenoxy) is 1. The van der Waals surface area contributed by atoms with E-state index < -0.39 is 38.7 Å². The minimum Gasteiger partial charge on any atom is -0.444 e. The minimum atomic E-state index is -5.86. The molecule has 0 saturated heterocycles. The molecule has 1 heterocycles. The number of amides is 1. The maximum atomic E-state index is 12.4. The second kappa shape index (κ2) is 6.76. The Morgan fingerprint density at radius 3 is 2.33 bits per heavy atom. The molecule has 12 heteroatoms. The Kier molecular flexibility index (Phi) is 5.14. The molecule has 2 rings (SSSR count). The number of nitrogens with one attached hydrogen (secondary N) is 1. The van der Waals surface area contributed by atoms with Crippen LogP contribution in [0.25, 0.3) is 11.0 Å². The van der Waals surface area contributed by atoms with Gasteiger partial charge in [0.05, 0.1) is 0 Å². The van der Waals surface area contributed by atoms with Gasteiger partial charge in [0.2, 0.25) is 0 Å². The second-order valence-electron chi connectivity index (χ2n) is 6.26. The summed E-state index contributed by atoms with van der Waals surface area (Å²) < 4.78 is 72.9. The van der Waals surface area contributed by atoms with E-state index in [1.54, 1.807) is 20.8 Å². The second-order valence-corrected chi connectivity index (χ2v) is 7.80. The zero-order chi connectivity index (χ0) is 20.6. The topological polar surface area (TPSA) is 112 Å². The van der Waals surface area contributed by atoms with Crippen LogP contribution in [0.15, 0.2) is 33.5 Å². The van der Waals surface area contributed by atoms with Crippen LogP contribution in [0.2, 0.25) is 0 Å². The first-order chi connectivity index (χ1) is 12.2. The first kappa shape index (κ1) is 20.6. The summed E-state index contributed by atoms with van der Waals surface area (Å²) in [5, 5.41) is 2.38. The summed E-state index contributed by atoms with van der Waals surface area (Å²) in [5.41, 5.74) is -7.96.